The van der Waals surface area contributed by atoms with E-state index in [-0.39, 0.29) is 5.82 Å². The van der Waals surface area contributed by atoms with Gasteiger partial charge >= 0.3 is 0 Å². The van der Waals surface area contributed by atoms with Gasteiger partial charge in [0.05, 0.1) is 18.3 Å². The summed E-state index contributed by atoms with van der Waals surface area (Å²) in [6, 6.07) is 6.58. The Balaban J connectivity index is 2.20. The maximum atomic E-state index is 13.2. The third kappa shape index (κ3) is 1.60. The second-order valence-corrected chi connectivity index (χ2v) is 4.13. The van der Waals surface area contributed by atoms with Gasteiger partial charge in [-0.1, -0.05) is 0 Å². The quantitative estimate of drug-likeness (QED) is 0.754. The Morgan fingerprint density at radius 2 is 2.22 bits per heavy atom. The molecule has 18 heavy (non-hydrogen) atoms. The van der Waals surface area contributed by atoms with E-state index < -0.39 is 0 Å². The Bertz CT molecular complexity index is 714. The minimum absolute atomic E-state index is 0.259. The van der Waals surface area contributed by atoms with Crippen molar-refractivity contribution < 1.29 is 8.81 Å². The summed E-state index contributed by atoms with van der Waals surface area (Å²) in [7, 11) is 1.85. The van der Waals surface area contributed by atoms with Crippen LogP contribution in [0.25, 0.3) is 22.5 Å². The molecule has 3 rings (SSSR count). The summed E-state index contributed by atoms with van der Waals surface area (Å²) in [5.74, 6) is 0.862. The number of nitrogens with two attached hydrogens (primary N) is 1. The molecule has 1 aromatic carbocycles. The molecule has 0 fully saturated rings. The highest BCUT2D eigenvalue weighted by Gasteiger charge is 2.13. The molecule has 2 heterocycles. The van der Waals surface area contributed by atoms with Crippen molar-refractivity contribution in [3.05, 3.63) is 42.0 Å². The summed E-state index contributed by atoms with van der Waals surface area (Å²) in [4.78, 5) is 4.17. The molecule has 0 atom stereocenters. The van der Waals surface area contributed by atoms with Crippen molar-refractivity contribution in [2.45, 2.75) is 6.54 Å². The van der Waals surface area contributed by atoms with Gasteiger partial charge < -0.3 is 14.7 Å². The zero-order valence-electron chi connectivity index (χ0n) is 9.85. The zero-order valence-corrected chi connectivity index (χ0v) is 9.85. The monoisotopic (exact) mass is 245 g/mol. The van der Waals surface area contributed by atoms with Gasteiger partial charge in [0, 0.05) is 12.4 Å². The number of hydrogen-bond acceptors (Lipinski definition) is 3. The fraction of sp³-hybridized carbons (Fsp3) is 0.154. The highest BCUT2D eigenvalue weighted by atomic mass is 19.1. The highest BCUT2D eigenvalue weighted by molar-refractivity contribution is 5.85. The average molecular weight is 245 g/mol. The molecule has 0 aliphatic heterocycles. The lowest BCUT2D eigenvalue weighted by Gasteiger charge is -2.00. The Labute approximate surface area is 103 Å². The van der Waals surface area contributed by atoms with Crippen molar-refractivity contribution >= 4 is 10.9 Å². The first-order valence-electron chi connectivity index (χ1n) is 5.59. The maximum Gasteiger partial charge on any atom is 0.243 e. The number of hydrogen-bond donors (Lipinski definition) is 1. The molecule has 0 aliphatic rings. The van der Waals surface area contributed by atoms with Gasteiger partial charge in [-0.3, -0.25) is 0 Å². The summed E-state index contributed by atoms with van der Waals surface area (Å²) >= 11 is 0. The van der Waals surface area contributed by atoms with Gasteiger partial charge in [0.15, 0.2) is 0 Å². The number of aromatic nitrogens is 2. The summed E-state index contributed by atoms with van der Waals surface area (Å²) in [5.41, 5.74) is 7.09. The van der Waals surface area contributed by atoms with Gasteiger partial charge in [0.1, 0.15) is 17.3 Å². The predicted octanol–water partition coefficient (Wildman–Crippen LogP) is 2.43. The van der Waals surface area contributed by atoms with Gasteiger partial charge in [0.25, 0.3) is 0 Å². The molecule has 0 aliphatic carbocycles. The number of fused-ring (bicyclic) bond motifs is 1. The number of nitrogens with zero attached hydrogens (tertiary/aromatic N) is 2. The number of oxazole rings is 1. The second kappa shape index (κ2) is 3.96. The number of halogens is 1. The molecule has 0 unspecified atom stereocenters. The van der Waals surface area contributed by atoms with Crippen LogP contribution in [0.5, 0.6) is 0 Å². The first-order chi connectivity index (χ1) is 8.69. The van der Waals surface area contributed by atoms with Crippen LogP contribution >= 0.6 is 0 Å². The van der Waals surface area contributed by atoms with Gasteiger partial charge in [0.2, 0.25) is 5.89 Å². The van der Waals surface area contributed by atoms with E-state index in [0.717, 1.165) is 16.6 Å². The molecule has 4 nitrogen and oxygen atoms in total. The van der Waals surface area contributed by atoms with Crippen molar-refractivity contribution in [1.29, 1.82) is 0 Å². The van der Waals surface area contributed by atoms with E-state index in [1.54, 1.807) is 12.3 Å². The molecule has 2 N–H and O–H groups in total. The topological polar surface area (TPSA) is 57.0 Å². The molecule has 2 aromatic heterocycles. The van der Waals surface area contributed by atoms with E-state index in [4.69, 9.17) is 10.2 Å². The van der Waals surface area contributed by atoms with Crippen LogP contribution in [-0.4, -0.2) is 9.55 Å². The van der Waals surface area contributed by atoms with Gasteiger partial charge in [-0.15, -0.1) is 0 Å². The van der Waals surface area contributed by atoms with Crippen molar-refractivity contribution in [3.8, 4) is 11.6 Å². The third-order valence-electron chi connectivity index (χ3n) is 2.98. The second-order valence-electron chi connectivity index (χ2n) is 4.13. The zero-order chi connectivity index (χ0) is 12.7. The van der Waals surface area contributed by atoms with Crippen LogP contribution < -0.4 is 5.73 Å². The number of benzene rings is 1. The van der Waals surface area contributed by atoms with E-state index in [2.05, 4.69) is 4.98 Å². The maximum absolute atomic E-state index is 13.2. The fourth-order valence-corrected chi connectivity index (χ4v) is 2.03. The summed E-state index contributed by atoms with van der Waals surface area (Å²) < 4.78 is 20.6. The Morgan fingerprint density at radius 1 is 1.39 bits per heavy atom. The minimum Gasteiger partial charge on any atom is -0.439 e. The smallest absolute Gasteiger partial charge is 0.243 e. The fourth-order valence-electron chi connectivity index (χ4n) is 2.03. The van der Waals surface area contributed by atoms with E-state index in [9.17, 15) is 4.39 Å². The number of aryl methyl sites for hydroxylation is 1. The van der Waals surface area contributed by atoms with Gasteiger partial charge in [-0.2, -0.15) is 0 Å². The van der Waals surface area contributed by atoms with Crippen molar-refractivity contribution in [2.24, 2.45) is 12.8 Å². The molecule has 0 saturated heterocycles. The molecule has 0 saturated carbocycles. The predicted molar refractivity (Wildman–Crippen MR) is 66.3 cm³/mol. The van der Waals surface area contributed by atoms with Crippen molar-refractivity contribution in [3.63, 3.8) is 0 Å². The lowest BCUT2D eigenvalue weighted by Crippen LogP contribution is -1.93. The molecular formula is C13H12FN3O. The van der Waals surface area contributed by atoms with Crippen LogP contribution in [0.3, 0.4) is 0 Å². The molecule has 5 heteroatoms. The third-order valence-corrected chi connectivity index (χ3v) is 2.98. The minimum atomic E-state index is -0.259. The molecule has 3 aromatic rings. The standard InChI is InChI=1S/C13H12FN3O/c1-17-11-5-9(14)3-2-8(11)4-12(17)13-16-7-10(6-15)18-13/h2-5,7H,6,15H2,1H3. The van der Waals surface area contributed by atoms with E-state index >= 15 is 0 Å². The van der Waals surface area contributed by atoms with Crippen molar-refractivity contribution in [2.75, 3.05) is 0 Å². The van der Waals surface area contributed by atoms with Crippen LogP contribution in [0.2, 0.25) is 0 Å². The molecule has 92 valence electrons. The molecule has 0 spiro atoms. The van der Waals surface area contributed by atoms with Gasteiger partial charge in [-0.25, -0.2) is 9.37 Å². The van der Waals surface area contributed by atoms with Gasteiger partial charge in [-0.05, 0) is 24.3 Å². The normalized spacial score (nSPS) is 11.3. The highest BCUT2D eigenvalue weighted by Crippen LogP contribution is 2.27. The van der Waals surface area contributed by atoms with Crippen LogP contribution in [0, 0.1) is 5.82 Å². The average Bonchev–Trinajstić information content (AvgIpc) is 2.95. The van der Waals surface area contributed by atoms with Crippen LogP contribution in [-0.2, 0) is 13.6 Å². The summed E-state index contributed by atoms with van der Waals surface area (Å²) in [6.45, 7) is 0.311. The largest absolute Gasteiger partial charge is 0.439 e. The van der Waals surface area contributed by atoms with E-state index in [1.807, 2.05) is 17.7 Å². The Kier molecular flexibility index (Phi) is 2.41. The number of rotatable bonds is 2. The van der Waals surface area contributed by atoms with E-state index in [1.165, 1.54) is 12.1 Å². The molecule has 0 radical (unpaired) electrons. The first-order valence-corrected chi connectivity index (χ1v) is 5.59. The van der Waals surface area contributed by atoms with Crippen LogP contribution in [0.1, 0.15) is 5.76 Å². The summed E-state index contributed by atoms with van der Waals surface area (Å²) in [6.07, 6.45) is 1.60. The molecular weight excluding hydrogens is 233 g/mol. The van der Waals surface area contributed by atoms with Crippen LogP contribution in [0.15, 0.2) is 34.9 Å². The van der Waals surface area contributed by atoms with Crippen molar-refractivity contribution in [1.82, 2.24) is 9.55 Å². The lowest BCUT2D eigenvalue weighted by atomic mass is 10.2. The Hall–Kier alpha value is -2.14. The molecule has 0 bridgehead atoms. The van der Waals surface area contributed by atoms with E-state index in [0.29, 0.717) is 18.2 Å². The molecule has 0 amide bonds. The SMILES string of the molecule is Cn1c(-c2ncc(CN)o2)cc2ccc(F)cc21. The first kappa shape index (κ1) is 11.0. The lowest BCUT2D eigenvalue weighted by molar-refractivity contribution is 0.517. The summed E-state index contributed by atoms with van der Waals surface area (Å²) in [5, 5.41) is 0.946. The Morgan fingerprint density at radius 3 is 2.94 bits per heavy atom. The van der Waals surface area contributed by atoms with Crippen LogP contribution in [0.4, 0.5) is 4.39 Å².